The average Bonchev–Trinajstić information content (AvgIpc) is 3.11. The summed E-state index contributed by atoms with van der Waals surface area (Å²) >= 11 is 0. The molecule has 0 unspecified atom stereocenters. The van der Waals surface area contributed by atoms with E-state index in [0.717, 1.165) is 30.8 Å². The monoisotopic (exact) mass is 336 g/mol. The van der Waals surface area contributed by atoms with Gasteiger partial charge in [-0.25, -0.2) is 0 Å². The van der Waals surface area contributed by atoms with Crippen molar-refractivity contribution in [3.05, 3.63) is 64.2 Å². The fourth-order valence-corrected chi connectivity index (χ4v) is 3.66. The van der Waals surface area contributed by atoms with Crippen molar-refractivity contribution in [1.82, 2.24) is 0 Å². The van der Waals surface area contributed by atoms with Crippen LogP contribution in [-0.4, -0.2) is 13.7 Å². The molecule has 0 N–H and O–H groups in total. The van der Waals surface area contributed by atoms with Gasteiger partial charge in [0.2, 0.25) is 0 Å². The van der Waals surface area contributed by atoms with Crippen LogP contribution in [0.1, 0.15) is 48.4 Å². The Morgan fingerprint density at radius 3 is 2.36 bits per heavy atom. The molecule has 0 aliphatic heterocycles. The number of methoxy groups -OCH3 is 1. The molecule has 0 heterocycles. The molecule has 1 aliphatic rings. The van der Waals surface area contributed by atoms with E-state index in [9.17, 15) is 0 Å². The molecule has 2 heteroatoms. The summed E-state index contributed by atoms with van der Waals surface area (Å²) < 4.78 is 11.5. The third kappa shape index (κ3) is 3.73. The minimum atomic E-state index is 0.688. The first-order chi connectivity index (χ1) is 12.1. The van der Waals surface area contributed by atoms with E-state index in [0.29, 0.717) is 6.61 Å². The molecule has 0 spiro atoms. The van der Waals surface area contributed by atoms with Crippen LogP contribution >= 0.6 is 0 Å². The van der Waals surface area contributed by atoms with Gasteiger partial charge < -0.3 is 9.47 Å². The highest BCUT2D eigenvalue weighted by molar-refractivity contribution is 5.71. The van der Waals surface area contributed by atoms with Crippen LogP contribution in [0.15, 0.2) is 42.0 Å². The summed E-state index contributed by atoms with van der Waals surface area (Å²) in [6.45, 7) is 7.25. The van der Waals surface area contributed by atoms with Gasteiger partial charge in [-0.3, -0.25) is 0 Å². The van der Waals surface area contributed by atoms with Gasteiger partial charge in [0.15, 0.2) is 0 Å². The first-order valence-electron chi connectivity index (χ1n) is 9.21. The molecule has 2 aromatic carbocycles. The van der Waals surface area contributed by atoms with Gasteiger partial charge in [-0.05, 0) is 91.1 Å². The predicted molar refractivity (Wildman–Crippen MR) is 105 cm³/mol. The maximum Gasteiger partial charge on any atom is 0.122 e. The molecule has 0 atom stereocenters. The first kappa shape index (κ1) is 17.6. The zero-order valence-electron chi connectivity index (χ0n) is 15.8. The molecule has 132 valence electrons. The molecule has 0 radical (unpaired) electrons. The average molecular weight is 336 g/mol. The zero-order chi connectivity index (χ0) is 17.8. The number of aryl methyl sites for hydroxylation is 1. The lowest BCUT2D eigenvalue weighted by molar-refractivity contribution is 0.346. The zero-order valence-corrected chi connectivity index (χ0v) is 15.8. The SMILES string of the molecule is CCc1ccc(OCC2=C(c3ccc(OC)cc3)CCC2)c(C)c1C. The maximum atomic E-state index is 6.22. The van der Waals surface area contributed by atoms with Crippen molar-refractivity contribution in [2.75, 3.05) is 13.7 Å². The summed E-state index contributed by atoms with van der Waals surface area (Å²) in [5.74, 6) is 1.92. The molecule has 0 bridgehead atoms. The van der Waals surface area contributed by atoms with E-state index >= 15 is 0 Å². The quantitative estimate of drug-likeness (QED) is 0.654. The third-order valence-electron chi connectivity index (χ3n) is 5.40. The van der Waals surface area contributed by atoms with Crippen LogP contribution in [0.2, 0.25) is 0 Å². The van der Waals surface area contributed by atoms with Gasteiger partial charge in [0.05, 0.1) is 7.11 Å². The Morgan fingerprint density at radius 1 is 0.920 bits per heavy atom. The molecule has 3 rings (SSSR count). The second-order valence-corrected chi connectivity index (χ2v) is 6.78. The van der Waals surface area contributed by atoms with Gasteiger partial charge in [0.1, 0.15) is 18.1 Å². The van der Waals surface area contributed by atoms with Gasteiger partial charge in [0, 0.05) is 0 Å². The number of rotatable bonds is 6. The van der Waals surface area contributed by atoms with Crippen molar-refractivity contribution in [3.8, 4) is 11.5 Å². The highest BCUT2D eigenvalue weighted by Gasteiger charge is 2.17. The summed E-state index contributed by atoms with van der Waals surface area (Å²) in [7, 11) is 1.71. The van der Waals surface area contributed by atoms with Crippen LogP contribution in [0.4, 0.5) is 0 Å². The minimum absolute atomic E-state index is 0.688. The lowest BCUT2D eigenvalue weighted by atomic mass is 10.0. The van der Waals surface area contributed by atoms with Crippen LogP contribution < -0.4 is 9.47 Å². The Bertz CT molecular complexity index is 769. The molecular formula is C23H28O2. The molecule has 0 amide bonds. The fourth-order valence-electron chi connectivity index (χ4n) is 3.66. The van der Waals surface area contributed by atoms with Gasteiger partial charge >= 0.3 is 0 Å². The van der Waals surface area contributed by atoms with Gasteiger partial charge in [-0.2, -0.15) is 0 Å². The van der Waals surface area contributed by atoms with Crippen LogP contribution in [-0.2, 0) is 6.42 Å². The van der Waals surface area contributed by atoms with Crippen LogP contribution in [0.25, 0.3) is 5.57 Å². The standard InChI is InChI=1S/C23H28O2/c1-5-18-11-14-23(17(3)16(18)2)25-15-20-7-6-8-22(20)19-9-12-21(24-4)13-10-19/h9-14H,5-8,15H2,1-4H3. The number of benzene rings is 2. The van der Waals surface area contributed by atoms with Crippen molar-refractivity contribution in [1.29, 1.82) is 0 Å². The summed E-state index contributed by atoms with van der Waals surface area (Å²) in [6.07, 6.45) is 4.55. The lowest BCUT2D eigenvalue weighted by Gasteiger charge is -2.15. The third-order valence-corrected chi connectivity index (χ3v) is 5.40. The van der Waals surface area contributed by atoms with Crippen molar-refractivity contribution >= 4 is 5.57 Å². The lowest BCUT2D eigenvalue weighted by Crippen LogP contribution is -2.04. The van der Waals surface area contributed by atoms with E-state index in [-0.39, 0.29) is 0 Å². The van der Waals surface area contributed by atoms with E-state index in [1.165, 1.54) is 39.8 Å². The molecule has 25 heavy (non-hydrogen) atoms. The maximum absolute atomic E-state index is 6.22. The van der Waals surface area contributed by atoms with E-state index in [2.05, 4.69) is 45.0 Å². The first-order valence-corrected chi connectivity index (χ1v) is 9.21. The van der Waals surface area contributed by atoms with E-state index in [4.69, 9.17) is 9.47 Å². The summed E-state index contributed by atoms with van der Waals surface area (Å²) in [5.41, 5.74) is 8.21. The predicted octanol–water partition coefficient (Wildman–Crippen LogP) is 5.89. The fraction of sp³-hybridized carbons (Fsp3) is 0.391. The summed E-state index contributed by atoms with van der Waals surface area (Å²) in [5, 5.41) is 0. The normalized spacial score (nSPS) is 14.1. The Balaban J connectivity index is 1.78. The molecule has 0 aromatic heterocycles. The highest BCUT2D eigenvalue weighted by atomic mass is 16.5. The van der Waals surface area contributed by atoms with Crippen molar-refractivity contribution in [3.63, 3.8) is 0 Å². The minimum Gasteiger partial charge on any atom is -0.497 e. The Hall–Kier alpha value is -2.22. The Labute approximate surface area is 151 Å². The second kappa shape index (κ2) is 7.77. The molecular weight excluding hydrogens is 308 g/mol. The molecule has 2 nitrogen and oxygen atoms in total. The van der Waals surface area contributed by atoms with E-state index in [1.54, 1.807) is 7.11 Å². The number of allylic oxidation sites excluding steroid dienone is 1. The molecule has 0 fully saturated rings. The van der Waals surface area contributed by atoms with Gasteiger partial charge in [-0.1, -0.05) is 25.1 Å². The second-order valence-electron chi connectivity index (χ2n) is 6.78. The van der Waals surface area contributed by atoms with Gasteiger partial charge in [-0.15, -0.1) is 0 Å². The number of hydrogen-bond donors (Lipinski definition) is 0. The Morgan fingerprint density at radius 2 is 1.68 bits per heavy atom. The molecule has 1 aliphatic carbocycles. The smallest absolute Gasteiger partial charge is 0.122 e. The molecule has 0 saturated carbocycles. The van der Waals surface area contributed by atoms with Crippen LogP contribution in [0.3, 0.4) is 0 Å². The van der Waals surface area contributed by atoms with E-state index in [1.807, 2.05) is 12.1 Å². The summed E-state index contributed by atoms with van der Waals surface area (Å²) in [4.78, 5) is 0. The van der Waals surface area contributed by atoms with Crippen molar-refractivity contribution in [2.24, 2.45) is 0 Å². The van der Waals surface area contributed by atoms with Crippen LogP contribution in [0.5, 0.6) is 11.5 Å². The van der Waals surface area contributed by atoms with Crippen LogP contribution in [0, 0.1) is 13.8 Å². The topological polar surface area (TPSA) is 18.5 Å². The Kier molecular flexibility index (Phi) is 5.47. The van der Waals surface area contributed by atoms with Crippen molar-refractivity contribution in [2.45, 2.75) is 46.5 Å². The van der Waals surface area contributed by atoms with E-state index < -0.39 is 0 Å². The van der Waals surface area contributed by atoms with Gasteiger partial charge in [0.25, 0.3) is 0 Å². The number of hydrogen-bond acceptors (Lipinski definition) is 2. The van der Waals surface area contributed by atoms with Crippen molar-refractivity contribution < 1.29 is 9.47 Å². The molecule has 0 saturated heterocycles. The largest absolute Gasteiger partial charge is 0.497 e. The number of ether oxygens (including phenoxy) is 2. The highest BCUT2D eigenvalue weighted by Crippen LogP contribution is 2.35. The molecule has 2 aromatic rings. The summed E-state index contributed by atoms with van der Waals surface area (Å²) in [6, 6.07) is 12.7.